The first-order valence-corrected chi connectivity index (χ1v) is 9.52. The Morgan fingerprint density at radius 1 is 1.30 bits per heavy atom. The number of hydrogen-bond donors (Lipinski definition) is 1. The predicted molar refractivity (Wildman–Crippen MR) is 85.3 cm³/mol. The van der Waals surface area contributed by atoms with Gasteiger partial charge < -0.3 is 0 Å². The van der Waals surface area contributed by atoms with Crippen LogP contribution < -0.4 is 4.72 Å². The average Bonchev–Trinajstić information content (AvgIpc) is 2.90. The van der Waals surface area contributed by atoms with Crippen molar-refractivity contribution in [1.82, 2.24) is 4.72 Å². The molecule has 2 rings (SSSR count). The van der Waals surface area contributed by atoms with E-state index in [-0.39, 0.29) is 0 Å². The Kier molecular flexibility index (Phi) is 5.64. The van der Waals surface area contributed by atoms with E-state index >= 15 is 0 Å². The number of aryl methyl sites for hydroxylation is 1. The van der Waals surface area contributed by atoms with Crippen LogP contribution in [0.2, 0.25) is 0 Å². The van der Waals surface area contributed by atoms with E-state index in [0.717, 1.165) is 28.8 Å². The highest BCUT2D eigenvalue weighted by molar-refractivity contribution is 9.10. The van der Waals surface area contributed by atoms with Crippen LogP contribution in [0, 0.1) is 12.8 Å². The third-order valence-electron chi connectivity index (χ3n) is 4.00. The van der Waals surface area contributed by atoms with E-state index in [4.69, 9.17) is 0 Å². The summed E-state index contributed by atoms with van der Waals surface area (Å²) in [5.41, 5.74) is 0.775. The minimum atomic E-state index is -3.39. The van der Waals surface area contributed by atoms with Crippen LogP contribution in [0.3, 0.4) is 0 Å². The monoisotopic (exact) mass is 359 g/mol. The summed E-state index contributed by atoms with van der Waals surface area (Å²) in [5, 5.41) is 0. The molecule has 0 heterocycles. The summed E-state index contributed by atoms with van der Waals surface area (Å²) in [6.45, 7) is 2.35. The molecule has 0 aliphatic heterocycles. The molecule has 112 valence electrons. The van der Waals surface area contributed by atoms with E-state index in [1.54, 1.807) is 6.07 Å². The van der Waals surface area contributed by atoms with Gasteiger partial charge in [-0.2, -0.15) is 0 Å². The molecule has 0 atom stereocenters. The molecule has 3 nitrogen and oxygen atoms in total. The first kappa shape index (κ1) is 16.0. The number of sulfonamides is 1. The minimum absolute atomic E-state index is 0.368. The second-order valence-electron chi connectivity index (χ2n) is 5.60. The van der Waals surface area contributed by atoms with E-state index < -0.39 is 10.0 Å². The zero-order valence-corrected chi connectivity index (χ0v) is 14.3. The molecule has 1 aromatic carbocycles. The molecule has 0 spiro atoms. The van der Waals surface area contributed by atoms with Crippen molar-refractivity contribution in [2.75, 3.05) is 6.54 Å². The second kappa shape index (κ2) is 7.05. The molecular formula is C15H22BrNO2S. The van der Waals surface area contributed by atoms with Crippen molar-refractivity contribution in [2.24, 2.45) is 5.92 Å². The van der Waals surface area contributed by atoms with E-state index in [0.29, 0.717) is 11.4 Å². The topological polar surface area (TPSA) is 46.2 Å². The van der Waals surface area contributed by atoms with Crippen LogP contribution in [0.4, 0.5) is 0 Å². The Morgan fingerprint density at radius 2 is 2.00 bits per heavy atom. The van der Waals surface area contributed by atoms with Crippen molar-refractivity contribution in [3.63, 3.8) is 0 Å². The van der Waals surface area contributed by atoms with Crippen LogP contribution in [-0.4, -0.2) is 15.0 Å². The van der Waals surface area contributed by atoms with Gasteiger partial charge in [-0.25, -0.2) is 13.1 Å². The van der Waals surface area contributed by atoms with E-state index in [2.05, 4.69) is 20.7 Å². The molecule has 1 aliphatic rings. The predicted octanol–water partition coefficient (Wildman–Crippen LogP) is 4.01. The lowest BCUT2D eigenvalue weighted by atomic mass is 10.0. The number of rotatable bonds is 6. The maximum Gasteiger partial charge on any atom is 0.240 e. The Balaban J connectivity index is 1.88. The van der Waals surface area contributed by atoms with Crippen LogP contribution >= 0.6 is 15.9 Å². The van der Waals surface area contributed by atoms with Crippen LogP contribution in [0.15, 0.2) is 27.6 Å². The van der Waals surface area contributed by atoms with E-state index in [9.17, 15) is 8.42 Å². The smallest absolute Gasteiger partial charge is 0.211 e. The highest BCUT2D eigenvalue weighted by atomic mass is 79.9. The van der Waals surface area contributed by atoms with Crippen molar-refractivity contribution in [3.8, 4) is 0 Å². The van der Waals surface area contributed by atoms with Gasteiger partial charge in [-0.05, 0) is 43.4 Å². The van der Waals surface area contributed by atoms with Gasteiger partial charge in [0.15, 0.2) is 0 Å². The first-order valence-electron chi connectivity index (χ1n) is 7.25. The Labute approximate surface area is 130 Å². The minimum Gasteiger partial charge on any atom is -0.211 e. The lowest BCUT2D eigenvalue weighted by Crippen LogP contribution is -2.25. The maximum atomic E-state index is 12.3. The summed E-state index contributed by atoms with van der Waals surface area (Å²) in [5.74, 6) is 0.812. The second-order valence-corrected chi connectivity index (χ2v) is 8.25. The fraction of sp³-hybridized carbons (Fsp3) is 0.600. The van der Waals surface area contributed by atoms with Crippen molar-refractivity contribution < 1.29 is 8.42 Å². The van der Waals surface area contributed by atoms with E-state index in [1.165, 1.54) is 25.7 Å². The Bertz CT molecular complexity index is 551. The maximum absolute atomic E-state index is 12.3. The van der Waals surface area contributed by atoms with Crippen molar-refractivity contribution >= 4 is 26.0 Å². The van der Waals surface area contributed by atoms with Gasteiger partial charge in [0.05, 0.1) is 4.90 Å². The summed E-state index contributed by atoms with van der Waals surface area (Å²) in [7, 11) is -3.39. The summed E-state index contributed by atoms with van der Waals surface area (Å²) in [6, 6.07) is 5.33. The third kappa shape index (κ3) is 4.30. The highest BCUT2D eigenvalue weighted by Gasteiger charge is 2.18. The van der Waals surface area contributed by atoms with Crippen LogP contribution in [0.5, 0.6) is 0 Å². The van der Waals surface area contributed by atoms with Crippen LogP contribution in [0.25, 0.3) is 0 Å². The molecule has 0 amide bonds. The SMILES string of the molecule is Cc1ccc(Br)cc1S(=O)(=O)NCCCC1CCCC1. The van der Waals surface area contributed by atoms with Gasteiger partial charge in [0.1, 0.15) is 0 Å². The van der Waals surface area contributed by atoms with E-state index in [1.807, 2.05) is 19.1 Å². The van der Waals surface area contributed by atoms with Crippen molar-refractivity contribution in [1.29, 1.82) is 0 Å². The zero-order valence-electron chi connectivity index (χ0n) is 11.9. The molecule has 1 N–H and O–H groups in total. The summed E-state index contributed by atoms with van der Waals surface area (Å²) < 4.78 is 28.0. The summed E-state index contributed by atoms with van der Waals surface area (Å²) in [6.07, 6.45) is 7.38. The summed E-state index contributed by atoms with van der Waals surface area (Å²) in [4.78, 5) is 0.368. The molecule has 1 aromatic rings. The molecule has 0 unspecified atom stereocenters. The van der Waals surface area contributed by atoms with Gasteiger partial charge in [0.2, 0.25) is 10.0 Å². The lowest BCUT2D eigenvalue weighted by molar-refractivity contribution is 0.480. The molecule has 0 aromatic heterocycles. The summed E-state index contributed by atoms with van der Waals surface area (Å²) >= 11 is 3.32. The van der Waals surface area contributed by atoms with Gasteiger partial charge in [0, 0.05) is 11.0 Å². The number of hydrogen-bond acceptors (Lipinski definition) is 2. The molecule has 1 saturated carbocycles. The van der Waals surface area contributed by atoms with Gasteiger partial charge in [-0.3, -0.25) is 0 Å². The molecule has 1 fully saturated rings. The first-order chi connectivity index (χ1) is 9.49. The fourth-order valence-corrected chi connectivity index (χ4v) is 4.69. The molecule has 1 aliphatic carbocycles. The molecular weight excluding hydrogens is 338 g/mol. The van der Waals surface area contributed by atoms with Crippen LogP contribution in [-0.2, 0) is 10.0 Å². The zero-order chi connectivity index (χ0) is 14.6. The van der Waals surface area contributed by atoms with Crippen molar-refractivity contribution in [3.05, 3.63) is 28.2 Å². The number of benzene rings is 1. The average molecular weight is 360 g/mol. The lowest BCUT2D eigenvalue weighted by Gasteiger charge is -2.11. The quantitative estimate of drug-likeness (QED) is 0.780. The normalized spacial score (nSPS) is 16.7. The molecule has 0 saturated heterocycles. The van der Waals surface area contributed by atoms with Crippen LogP contribution in [0.1, 0.15) is 44.1 Å². The highest BCUT2D eigenvalue weighted by Crippen LogP contribution is 2.28. The van der Waals surface area contributed by atoms with Gasteiger partial charge in [0.25, 0.3) is 0 Å². The van der Waals surface area contributed by atoms with Gasteiger partial charge >= 0.3 is 0 Å². The molecule has 0 bridgehead atoms. The van der Waals surface area contributed by atoms with Crippen molar-refractivity contribution in [2.45, 2.75) is 50.3 Å². The number of halogens is 1. The Morgan fingerprint density at radius 3 is 2.70 bits per heavy atom. The molecule has 0 radical (unpaired) electrons. The third-order valence-corrected chi connectivity index (χ3v) is 6.09. The van der Waals surface area contributed by atoms with Gasteiger partial charge in [-0.1, -0.05) is 47.7 Å². The fourth-order valence-electron chi connectivity index (χ4n) is 2.84. The standard InChI is InChI=1S/C15H22BrNO2S/c1-12-8-9-14(16)11-15(12)20(18,19)17-10-4-7-13-5-2-3-6-13/h8-9,11,13,17H,2-7,10H2,1H3. The number of nitrogens with one attached hydrogen (secondary N) is 1. The van der Waals surface area contributed by atoms with Gasteiger partial charge in [-0.15, -0.1) is 0 Å². The molecule has 5 heteroatoms. The molecule has 20 heavy (non-hydrogen) atoms. The Hall–Kier alpha value is -0.390. The largest absolute Gasteiger partial charge is 0.240 e.